The summed E-state index contributed by atoms with van der Waals surface area (Å²) in [5.74, 6) is 0.361. The van der Waals surface area contributed by atoms with Gasteiger partial charge in [0.2, 0.25) is 11.8 Å². The summed E-state index contributed by atoms with van der Waals surface area (Å²) < 4.78 is 0. The van der Waals surface area contributed by atoms with Crippen LogP contribution in [0.15, 0.2) is 30.3 Å². The lowest BCUT2D eigenvalue weighted by molar-refractivity contribution is -0.133. The summed E-state index contributed by atoms with van der Waals surface area (Å²) in [6, 6.07) is 10.2. The average molecular weight is 357 g/mol. The Morgan fingerprint density at radius 3 is 2.54 bits per heavy atom. The van der Waals surface area contributed by atoms with Crippen LogP contribution in [0.1, 0.15) is 44.6 Å². The second-order valence-electron chi connectivity index (χ2n) is 7.46. The first-order valence-corrected chi connectivity index (χ1v) is 10.0. The predicted molar refractivity (Wildman–Crippen MR) is 103 cm³/mol. The highest BCUT2D eigenvalue weighted by atomic mass is 16.2. The predicted octanol–water partition coefficient (Wildman–Crippen LogP) is 2.51. The number of hydrogen-bond acceptors (Lipinski definition) is 3. The summed E-state index contributed by atoms with van der Waals surface area (Å²) in [4.78, 5) is 31.7. The van der Waals surface area contributed by atoms with Crippen molar-refractivity contribution in [3.05, 3.63) is 35.9 Å². The maximum Gasteiger partial charge on any atom is 0.224 e. The minimum absolute atomic E-state index is 0.0981. The number of nitrogens with zero attached hydrogens (tertiary/aromatic N) is 3. The van der Waals surface area contributed by atoms with Crippen LogP contribution in [0.3, 0.4) is 0 Å². The topological polar surface area (TPSA) is 43.9 Å². The molecule has 2 saturated heterocycles. The van der Waals surface area contributed by atoms with Crippen LogP contribution in [0, 0.1) is 0 Å². The van der Waals surface area contributed by atoms with Crippen LogP contribution in [-0.2, 0) is 16.1 Å². The fourth-order valence-corrected chi connectivity index (χ4v) is 4.01. The summed E-state index contributed by atoms with van der Waals surface area (Å²) in [7, 11) is 0. The molecule has 3 rings (SSSR count). The molecule has 1 atom stereocenters. The molecule has 0 bridgehead atoms. The van der Waals surface area contributed by atoms with Gasteiger partial charge in [-0.15, -0.1) is 0 Å². The Hall–Kier alpha value is -1.88. The fourth-order valence-electron chi connectivity index (χ4n) is 4.01. The van der Waals surface area contributed by atoms with Gasteiger partial charge in [-0.1, -0.05) is 37.3 Å². The Morgan fingerprint density at radius 1 is 1.12 bits per heavy atom. The monoisotopic (exact) mass is 357 g/mol. The quantitative estimate of drug-likeness (QED) is 0.786. The van der Waals surface area contributed by atoms with Gasteiger partial charge in [-0.3, -0.25) is 9.59 Å². The van der Waals surface area contributed by atoms with Crippen LogP contribution in [0.25, 0.3) is 0 Å². The van der Waals surface area contributed by atoms with E-state index in [0.717, 1.165) is 31.6 Å². The maximum absolute atomic E-state index is 12.7. The van der Waals surface area contributed by atoms with Crippen LogP contribution < -0.4 is 0 Å². The van der Waals surface area contributed by atoms with E-state index < -0.39 is 0 Å². The number of carbonyl (C=O) groups excluding carboxylic acids is 2. The molecule has 5 heteroatoms. The van der Waals surface area contributed by atoms with Crippen LogP contribution in [-0.4, -0.2) is 65.3 Å². The summed E-state index contributed by atoms with van der Waals surface area (Å²) in [6.45, 7) is 7.05. The molecule has 0 saturated carbocycles. The highest BCUT2D eigenvalue weighted by Gasteiger charge is 2.30. The molecule has 2 aliphatic heterocycles. The highest BCUT2D eigenvalue weighted by Crippen LogP contribution is 2.18. The second-order valence-corrected chi connectivity index (χ2v) is 7.46. The summed E-state index contributed by atoms with van der Waals surface area (Å²) in [5, 5.41) is 0. The standard InChI is InChI=1S/C21H31N3O2/c1-2-19-17-23(20(25)10-14-22-12-6-7-13-22)15-11-21(26)24(19)16-18-8-4-3-5-9-18/h3-5,8-9,19H,2,6-7,10-17H2,1H3. The van der Waals surface area contributed by atoms with E-state index in [9.17, 15) is 9.59 Å². The molecule has 2 heterocycles. The maximum atomic E-state index is 12.7. The van der Waals surface area contributed by atoms with Crippen molar-refractivity contribution in [2.24, 2.45) is 0 Å². The number of amides is 2. The molecule has 1 aromatic carbocycles. The van der Waals surface area contributed by atoms with Gasteiger partial charge in [0.15, 0.2) is 0 Å². The van der Waals surface area contributed by atoms with E-state index >= 15 is 0 Å². The molecule has 26 heavy (non-hydrogen) atoms. The lowest BCUT2D eigenvalue weighted by Gasteiger charge is -2.31. The van der Waals surface area contributed by atoms with Crippen molar-refractivity contribution in [1.82, 2.24) is 14.7 Å². The summed E-state index contributed by atoms with van der Waals surface area (Å²) >= 11 is 0. The van der Waals surface area contributed by atoms with Crippen molar-refractivity contribution in [2.75, 3.05) is 32.7 Å². The van der Waals surface area contributed by atoms with Crippen molar-refractivity contribution in [2.45, 2.75) is 51.6 Å². The lowest BCUT2D eigenvalue weighted by atomic mass is 10.1. The Labute approximate surface area is 156 Å². The van der Waals surface area contributed by atoms with Crippen molar-refractivity contribution < 1.29 is 9.59 Å². The number of rotatable bonds is 6. The highest BCUT2D eigenvalue weighted by molar-refractivity contribution is 5.80. The molecule has 0 aliphatic carbocycles. The minimum atomic E-state index is 0.0981. The Morgan fingerprint density at radius 2 is 1.85 bits per heavy atom. The zero-order valence-corrected chi connectivity index (χ0v) is 15.9. The molecule has 142 valence electrons. The molecule has 2 amide bonds. The number of likely N-dealkylation sites (tertiary alicyclic amines) is 1. The average Bonchev–Trinajstić information content (AvgIpc) is 3.13. The van der Waals surface area contributed by atoms with Crippen LogP contribution >= 0.6 is 0 Å². The van der Waals surface area contributed by atoms with Crippen molar-refractivity contribution >= 4 is 11.8 Å². The molecule has 1 aromatic rings. The van der Waals surface area contributed by atoms with Crippen molar-refractivity contribution in [3.8, 4) is 0 Å². The zero-order chi connectivity index (χ0) is 18.4. The van der Waals surface area contributed by atoms with Gasteiger partial charge in [0.1, 0.15) is 0 Å². The third kappa shape index (κ3) is 4.85. The van der Waals surface area contributed by atoms with Gasteiger partial charge in [-0.25, -0.2) is 0 Å². The fraction of sp³-hybridized carbons (Fsp3) is 0.619. The zero-order valence-electron chi connectivity index (χ0n) is 15.9. The van der Waals surface area contributed by atoms with E-state index in [0.29, 0.717) is 32.5 Å². The molecular weight excluding hydrogens is 326 g/mol. The largest absolute Gasteiger partial charge is 0.340 e. The molecule has 2 aliphatic rings. The number of benzene rings is 1. The first-order valence-electron chi connectivity index (χ1n) is 10.0. The molecule has 5 nitrogen and oxygen atoms in total. The third-order valence-electron chi connectivity index (χ3n) is 5.65. The molecule has 0 aromatic heterocycles. The Kier molecular flexibility index (Phi) is 6.67. The van der Waals surface area contributed by atoms with Gasteiger partial charge < -0.3 is 14.7 Å². The Balaban J connectivity index is 1.60. The van der Waals surface area contributed by atoms with Gasteiger partial charge in [0.05, 0.1) is 0 Å². The number of hydrogen-bond donors (Lipinski definition) is 0. The van der Waals surface area contributed by atoms with Crippen molar-refractivity contribution in [1.29, 1.82) is 0 Å². The van der Waals surface area contributed by atoms with Crippen LogP contribution in [0.4, 0.5) is 0 Å². The molecule has 0 N–H and O–H groups in total. The van der Waals surface area contributed by atoms with Crippen molar-refractivity contribution in [3.63, 3.8) is 0 Å². The molecule has 1 unspecified atom stereocenters. The molecule has 0 radical (unpaired) electrons. The van der Waals surface area contributed by atoms with Gasteiger partial charge >= 0.3 is 0 Å². The molecular formula is C21H31N3O2. The minimum Gasteiger partial charge on any atom is -0.340 e. The van der Waals surface area contributed by atoms with E-state index in [-0.39, 0.29) is 17.9 Å². The van der Waals surface area contributed by atoms with Crippen LogP contribution in [0.2, 0.25) is 0 Å². The smallest absolute Gasteiger partial charge is 0.224 e. The summed E-state index contributed by atoms with van der Waals surface area (Å²) in [6.07, 6.45) is 4.37. The van der Waals surface area contributed by atoms with E-state index in [2.05, 4.69) is 24.0 Å². The number of carbonyl (C=O) groups is 2. The third-order valence-corrected chi connectivity index (χ3v) is 5.65. The Bertz CT molecular complexity index is 599. The first-order chi connectivity index (χ1) is 12.7. The van der Waals surface area contributed by atoms with Gasteiger partial charge in [0, 0.05) is 45.1 Å². The van der Waals surface area contributed by atoms with E-state index in [1.165, 1.54) is 12.8 Å². The van der Waals surface area contributed by atoms with E-state index in [1.807, 2.05) is 28.0 Å². The SMILES string of the molecule is CCC1CN(C(=O)CCN2CCCC2)CCC(=O)N1Cc1ccccc1. The van der Waals surface area contributed by atoms with Gasteiger partial charge in [-0.2, -0.15) is 0 Å². The normalized spacial score (nSPS) is 21.9. The first kappa shape index (κ1) is 18.9. The summed E-state index contributed by atoms with van der Waals surface area (Å²) in [5.41, 5.74) is 1.15. The van der Waals surface area contributed by atoms with Crippen LogP contribution in [0.5, 0.6) is 0 Å². The second kappa shape index (κ2) is 9.17. The van der Waals surface area contributed by atoms with E-state index in [4.69, 9.17) is 0 Å². The molecule has 2 fully saturated rings. The molecule has 0 spiro atoms. The van der Waals surface area contributed by atoms with E-state index in [1.54, 1.807) is 0 Å². The van der Waals surface area contributed by atoms with Gasteiger partial charge in [0.25, 0.3) is 0 Å². The lowest BCUT2D eigenvalue weighted by Crippen LogP contribution is -2.44. The van der Waals surface area contributed by atoms with Gasteiger partial charge in [-0.05, 0) is 37.9 Å².